The highest BCUT2D eigenvalue weighted by Crippen LogP contribution is 2.39. The maximum atomic E-state index is 12.4. The number of carbonyl (C=O) groups is 1. The molecule has 2 fully saturated rings. The standard InChI is InChI=1S/C19H27NO2/c1-14-5-3-4-6-16(14)11-15-7-9-20(10-8-15)18(21)17-12-19(2,22)13-17/h3-6,15,17,22H,7-13H2,1-2H3. The van der Waals surface area contributed by atoms with E-state index in [0.29, 0.717) is 18.8 Å². The van der Waals surface area contributed by atoms with Gasteiger partial charge < -0.3 is 10.0 Å². The maximum Gasteiger partial charge on any atom is 0.225 e. The van der Waals surface area contributed by atoms with Crippen LogP contribution in [-0.4, -0.2) is 34.6 Å². The Morgan fingerprint density at radius 1 is 1.27 bits per heavy atom. The van der Waals surface area contributed by atoms with Crippen molar-refractivity contribution in [2.45, 2.75) is 51.6 Å². The van der Waals surface area contributed by atoms with Crippen molar-refractivity contribution < 1.29 is 9.90 Å². The summed E-state index contributed by atoms with van der Waals surface area (Å²) in [6.45, 7) is 5.77. The normalized spacial score (nSPS) is 29.2. The summed E-state index contributed by atoms with van der Waals surface area (Å²) in [5.41, 5.74) is 2.21. The molecule has 22 heavy (non-hydrogen) atoms. The molecule has 1 aliphatic heterocycles. The lowest BCUT2D eigenvalue weighted by Gasteiger charge is -2.43. The molecule has 1 aliphatic carbocycles. The van der Waals surface area contributed by atoms with Crippen LogP contribution in [0, 0.1) is 18.8 Å². The zero-order chi connectivity index (χ0) is 15.7. The third kappa shape index (κ3) is 3.35. The van der Waals surface area contributed by atoms with Crippen LogP contribution >= 0.6 is 0 Å². The molecule has 0 atom stereocenters. The molecular weight excluding hydrogens is 274 g/mol. The summed E-state index contributed by atoms with van der Waals surface area (Å²) in [6, 6.07) is 8.61. The lowest BCUT2D eigenvalue weighted by atomic mass is 9.71. The van der Waals surface area contributed by atoms with Crippen LogP contribution in [0.2, 0.25) is 0 Å². The molecule has 1 saturated carbocycles. The minimum Gasteiger partial charge on any atom is -0.390 e. The first kappa shape index (κ1) is 15.5. The van der Waals surface area contributed by atoms with E-state index in [2.05, 4.69) is 31.2 Å². The van der Waals surface area contributed by atoms with Crippen LogP contribution in [0.1, 0.15) is 43.7 Å². The first-order valence-corrected chi connectivity index (χ1v) is 8.50. The maximum absolute atomic E-state index is 12.4. The third-order valence-corrected chi connectivity index (χ3v) is 5.42. The van der Waals surface area contributed by atoms with E-state index in [1.807, 2.05) is 11.8 Å². The highest BCUT2D eigenvalue weighted by Gasteiger charge is 2.44. The fourth-order valence-electron chi connectivity index (χ4n) is 3.94. The zero-order valence-corrected chi connectivity index (χ0v) is 13.7. The van der Waals surface area contributed by atoms with E-state index >= 15 is 0 Å². The molecule has 1 amide bonds. The number of rotatable bonds is 3. The van der Waals surface area contributed by atoms with E-state index < -0.39 is 5.60 Å². The predicted octanol–water partition coefficient (Wildman–Crippen LogP) is 2.94. The minimum absolute atomic E-state index is 0.0583. The van der Waals surface area contributed by atoms with Crippen LogP contribution in [0.4, 0.5) is 0 Å². The summed E-state index contributed by atoms with van der Waals surface area (Å²) in [7, 11) is 0. The van der Waals surface area contributed by atoms with Crippen LogP contribution in [0.3, 0.4) is 0 Å². The number of piperidine rings is 1. The molecule has 0 unspecified atom stereocenters. The Bertz CT molecular complexity index is 536. The SMILES string of the molecule is Cc1ccccc1CC1CCN(C(=O)C2CC(C)(O)C2)CC1. The van der Waals surface area contributed by atoms with E-state index in [0.717, 1.165) is 32.4 Å². The van der Waals surface area contributed by atoms with E-state index in [-0.39, 0.29) is 11.8 Å². The number of carbonyl (C=O) groups excluding carboxylic acids is 1. The summed E-state index contributed by atoms with van der Waals surface area (Å²) < 4.78 is 0. The average Bonchev–Trinajstić information content (AvgIpc) is 2.47. The second-order valence-corrected chi connectivity index (χ2v) is 7.50. The number of hydrogen-bond acceptors (Lipinski definition) is 2. The number of aliphatic hydroxyl groups is 1. The van der Waals surface area contributed by atoms with Gasteiger partial charge in [0.1, 0.15) is 0 Å². The fourth-order valence-corrected chi connectivity index (χ4v) is 3.94. The average molecular weight is 301 g/mol. The van der Waals surface area contributed by atoms with Crippen molar-refractivity contribution in [1.29, 1.82) is 0 Å². The molecule has 1 N–H and O–H groups in total. The first-order chi connectivity index (χ1) is 10.4. The lowest BCUT2D eigenvalue weighted by molar-refractivity contribution is -0.151. The van der Waals surface area contributed by atoms with Gasteiger partial charge in [-0.3, -0.25) is 4.79 Å². The highest BCUT2D eigenvalue weighted by molar-refractivity contribution is 5.80. The summed E-state index contributed by atoms with van der Waals surface area (Å²) in [5.74, 6) is 1.01. The molecule has 0 aromatic heterocycles. The van der Waals surface area contributed by atoms with Crippen molar-refractivity contribution in [2.24, 2.45) is 11.8 Å². The Balaban J connectivity index is 1.48. The number of nitrogens with zero attached hydrogens (tertiary/aromatic N) is 1. The summed E-state index contributed by atoms with van der Waals surface area (Å²) in [4.78, 5) is 14.4. The Labute approximate surface area is 133 Å². The molecule has 1 saturated heterocycles. The number of benzene rings is 1. The van der Waals surface area contributed by atoms with Gasteiger partial charge in [-0.05, 0) is 63.0 Å². The van der Waals surface area contributed by atoms with Crippen molar-refractivity contribution in [1.82, 2.24) is 4.90 Å². The van der Waals surface area contributed by atoms with Gasteiger partial charge in [0.25, 0.3) is 0 Å². The Morgan fingerprint density at radius 2 is 1.91 bits per heavy atom. The third-order valence-electron chi connectivity index (χ3n) is 5.42. The molecule has 0 bridgehead atoms. The number of likely N-dealkylation sites (tertiary alicyclic amines) is 1. The van der Waals surface area contributed by atoms with Crippen LogP contribution in [0.15, 0.2) is 24.3 Å². The summed E-state index contributed by atoms with van der Waals surface area (Å²) in [5, 5.41) is 9.79. The first-order valence-electron chi connectivity index (χ1n) is 8.50. The van der Waals surface area contributed by atoms with Gasteiger partial charge in [0, 0.05) is 19.0 Å². The van der Waals surface area contributed by atoms with Gasteiger partial charge >= 0.3 is 0 Å². The molecule has 3 heteroatoms. The molecule has 1 heterocycles. The molecular formula is C19H27NO2. The largest absolute Gasteiger partial charge is 0.390 e. The van der Waals surface area contributed by atoms with Crippen LogP contribution < -0.4 is 0 Å². The molecule has 0 radical (unpaired) electrons. The van der Waals surface area contributed by atoms with E-state index in [1.165, 1.54) is 11.1 Å². The Morgan fingerprint density at radius 3 is 2.50 bits per heavy atom. The molecule has 1 aromatic rings. The van der Waals surface area contributed by atoms with Gasteiger partial charge in [-0.1, -0.05) is 24.3 Å². The number of hydrogen-bond donors (Lipinski definition) is 1. The Kier molecular flexibility index (Phi) is 4.26. The van der Waals surface area contributed by atoms with Crippen molar-refractivity contribution in [2.75, 3.05) is 13.1 Å². The number of aryl methyl sites for hydroxylation is 1. The highest BCUT2D eigenvalue weighted by atomic mass is 16.3. The zero-order valence-electron chi connectivity index (χ0n) is 13.7. The van der Waals surface area contributed by atoms with Crippen molar-refractivity contribution >= 4 is 5.91 Å². The van der Waals surface area contributed by atoms with Gasteiger partial charge in [0.15, 0.2) is 0 Å². The molecule has 120 valence electrons. The molecule has 3 nitrogen and oxygen atoms in total. The van der Waals surface area contributed by atoms with Crippen LogP contribution in [0.25, 0.3) is 0 Å². The van der Waals surface area contributed by atoms with Gasteiger partial charge in [-0.15, -0.1) is 0 Å². The predicted molar refractivity (Wildman–Crippen MR) is 87.5 cm³/mol. The van der Waals surface area contributed by atoms with Gasteiger partial charge in [0.05, 0.1) is 5.60 Å². The second kappa shape index (κ2) is 6.04. The molecule has 1 aromatic carbocycles. The van der Waals surface area contributed by atoms with Gasteiger partial charge in [-0.2, -0.15) is 0 Å². The minimum atomic E-state index is -0.608. The van der Waals surface area contributed by atoms with Crippen molar-refractivity contribution in [3.63, 3.8) is 0 Å². The van der Waals surface area contributed by atoms with E-state index in [4.69, 9.17) is 0 Å². The lowest BCUT2D eigenvalue weighted by Crippen LogP contribution is -2.51. The smallest absolute Gasteiger partial charge is 0.225 e. The van der Waals surface area contributed by atoms with Crippen molar-refractivity contribution in [3.8, 4) is 0 Å². The van der Waals surface area contributed by atoms with Crippen molar-refractivity contribution in [3.05, 3.63) is 35.4 Å². The van der Waals surface area contributed by atoms with Crippen LogP contribution in [-0.2, 0) is 11.2 Å². The topological polar surface area (TPSA) is 40.5 Å². The second-order valence-electron chi connectivity index (χ2n) is 7.50. The quantitative estimate of drug-likeness (QED) is 0.932. The summed E-state index contributed by atoms with van der Waals surface area (Å²) >= 11 is 0. The molecule has 2 aliphatic rings. The van der Waals surface area contributed by atoms with Gasteiger partial charge in [-0.25, -0.2) is 0 Å². The van der Waals surface area contributed by atoms with E-state index in [1.54, 1.807) is 0 Å². The Hall–Kier alpha value is -1.35. The number of amides is 1. The van der Waals surface area contributed by atoms with E-state index in [9.17, 15) is 9.90 Å². The van der Waals surface area contributed by atoms with Crippen LogP contribution in [0.5, 0.6) is 0 Å². The molecule has 3 rings (SSSR count). The summed E-state index contributed by atoms with van der Waals surface area (Å²) in [6.07, 6.45) is 4.60. The molecule has 0 spiro atoms. The fraction of sp³-hybridized carbons (Fsp3) is 0.632. The monoisotopic (exact) mass is 301 g/mol. The van der Waals surface area contributed by atoms with Gasteiger partial charge in [0.2, 0.25) is 5.91 Å².